The van der Waals surface area contributed by atoms with Crippen LogP contribution in [0.3, 0.4) is 0 Å². The maximum absolute atomic E-state index is 13.9. The highest BCUT2D eigenvalue weighted by Gasteiger charge is 2.32. The van der Waals surface area contributed by atoms with Crippen molar-refractivity contribution in [1.29, 1.82) is 0 Å². The Kier molecular flexibility index (Phi) is 10.9. The smallest absolute Gasteiger partial charge is 0.409 e. The number of hydrogen-bond donors (Lipinski definition) is 2. The summed E-state index contributed by atoms with van der Waals surface area (Å²) in [7, 11) is 0. The summed E-state index contributed by atoms with van der Waals surface area (Å²) in [6, 6.07) is 18.3. The predicted octanol–water partition coefficient (Wildman–Crippen LogP) is 4.24. The largest absolute Gasteiger partial charge is 0.460 e. The normalized spacial score (nSPS) is 15.3. The monoisotopic (exact) mass is 656 g/mol. The Hall–Kier alpha value is -5.00. The number of benzene rings is 2. The molecule has 1 fully saturated rings. The van der Waals surface area contributed by atoms with E-state index < -0.39 is 29.6 Å². The van der Waals surface area contributed by atoms with Gasteiger partial charge in [-0.25, -0.2) is 14.8 Å². The number of carbonyl (C=O) groups excluding carboxylic acids is 4. The number of ether oxygens (including phenoxy) is 2. The minimum Gasteiger partial charge on any atom is -0.460 e. The number of anilines is 1. The fourth-order valence-electron chi connectivity index (χ4n) is 5.91. The van der Waals surface area contributed by atoms with Crippen LogP contribution in [0.2, 0.25) is 0 Å². The fraction of sp³-hybridized carbons (Fsp3) is 0.444. The zero-order valence-corrected chi connectivity index (χ0v) is 28.0. The van der Waals surface area contributed by atoms with Gasteiger partial charge in [0.2, 0.25) is 5.91 Å². The highest BCUT2D eigenvalue weighted by molar-refractivity contribution is 5.97. The summed E-state index contributed by atoms with van der Waals surface area (Å²) in [5.41, 5.74) is 2.69. The molecule has 3 amide bonds. The molecule has 3 aromatic rings. The van der Waals surface area contributed by atoms with Gasteiger partial charge >= 0.3 is 12.1 Å². The van der Waals surface area contributed by atoms with E-state index in [2.05, 4.69) is 27.8 Å². The average Bonchev–Trinajstić information content (AvgIpc) is 3.48. The summed E-state index contributed by atoms with van der Waals surface area (Å²) in [4.78, 5) is 65.1. The molecule has 254 valence electrons. The lowest BCUT2D eigenvalue weighted by molar-refractivity contribution is -0.155. The van der Waals surface area contributed by atoms with Crippen molar-refractivity contribution in [1.82, 2.24) is 25.1 Å². The highest BCUT2D eigenvalue weighted by Crippen LogP contribution is 2.25. The number of carbonyl (C=O) groups is 4. The number of hydrogen-bond acceptors (Lipinski definition) is 9. The van der Waals surface area contributed by atoms with Gasteiger partial charge in [0, 0.05) is 50.3 Å². The van der Waals surface area contributed by atoms with Crippen LogP contribution in [0.5, 0.6) is 0 Å². The first-order valence-electron chi connectivity index (χ1n) is 16.5. The number of esters is 1. The Morgan fingerprint density at radius 2 is 1.52 bits per heavy atom. The Labute approximate surface area is 281 Å². The SMILES string of the molecule is CCOC(=O)N1CCN(C(=O)[C@H](CCC(=O)OC(C)(C)C)NC(=O)c2cc(NC3Cc4ccccc4C3)nc(-c3ccccc3)n2)CC1. The van der Waals surface area contributed by atoms with Crippen molar-refractivity contribution in [3.05, 3.63) is 77.5 Å². The van der Waals surface area contributed by atoms with Crippen LogP contribution in [0.25, 0.3) is 11.4 Å². The molecule has 0 unspecified atom stereocenters. The first-order valence-corrected chi connectivity index (χ1v) is 16.5. The van der Waals surface area contributed by atoms with Crippen LogP contribution in [-0.4, -0.2) is 94.1 Å². The molecule has 0 radical (unpaired) electrons. The van der Waals surface area contributed by atoms with Gasteiger partial charge in [-0.2, -0.15) is 0 Å². The molecule has 1 atom stereocenters. The molecule has 0 spiro atoms. The topological polar surface area (TPSA) is 143 Å². The van der Waals surface area contributed by atoms with Crippen LogP contribution < -0.4 is 10.6 Å². The molecule has 1 aliphatic carbocycles. The van der Waals surface area contributed by atoms with Gasteiger partial charge in [0.05, 0.1) is 6.61 Å². The number of piperazine rings is 1. The Balaban J connectivity index is 1.36. The van der Waals surface area contributed by atoms with E-state index in [0.29, 0.717) is 24.7 Å². The van der Waals surface area contributed by atoms with Crippen molar-refractivity contribution in [2.45, 2.75) is 71.1 Å². The van der Waals surface area contributed by atoms with Gasteiger partial charge in [-0.1, -0.05) is 54.6 Å². The van der Waals surface area contributed by atoms with Gasteiger partial charge < -0.3 is 29.9 Å². The molecule has 0 bridgehead atoms. The van der Waals surface area contributed by atoms with Crippen molar-refractivity contribution in [3.8, 4) is 11.4 Å². The Morgan fingerprint density at radius 1 is 0.896 bits per heavy atom. The molecule has 5 rings (SSSR count). The Bertz CT molecular complexity index is 1590. The van der Waals surface area contributed by atoms with Crippen LogP contribution in [-0.2, 0) is 31.9 Å². The second-order valence-corrected chi connectivity index (χ2v) is 13.0. The van der Waals surface area contributed by atoms with Gasteiger partial charge in [-0.05, 0) is 58.1 Å². The molecule has 12 nitrogen and oxygen atoms in total. The first-order chi connectivity index (χ1) is 23.0. The predicted molar refractivity (Wildman–Crippen MR) is 180 cm³/mol. The van der Waals surface area contributed by atoms with Gasteiger partial charge in [-0.15, -0.1) is 0 Å². The number of aromatic nitrogens is 2. The van der Waals surface area contributed by atoms with Gasteiger partial charge in [0.1, 0.15) is 23.2 Å². The van der Waals surface area contributed by atoms with Crippen LogP contribution in [0.1, 0.15) is 62.2 Å². The molecular formula is C36H44N6O6. The molecule has 1 saturated heterocycles. The molecule has 12 heteroatoms. The van der Waals surface area contributed by atoms with E-state index in [1.54, 1.807) is 43.6 Å². The van der Waals surface area contributed by atoms with Crippen LogP contribution in [0.15, 0.2) is 60.7 Å². The van der Waals surface area contributed by atoms with E-state index >= 15 is 0 Å². The molecule has 48 heavy (non-hydrogen) atoms. The van der Waals surface area contributed by atoms with Crippen molar-refractivity contribution in [2.75, 3.05) is 38.1 Å². The van der Waals surface area contributed by atoms with Crippen molar-refractivity contribution < 1.29 is 28.7 Å². The zero-order chi connectivity index (χ0) is 34.3. The highest BCUT2D eigenvalue weighted by atomic mass is 16.6. The summed E-state index contributed by atoms with van der Waals surface area (Å²) < 4.78 is 10.6. The van der Waals surface area contributed by atoms with Gasteiger partial charge in [0.25, 0.3) is 5.91 Å². The average molecular weight is 657 g/mol. The van der Waals surface area contributed by atoms with Crippen LogP contribution in [0, 0.1) is 0 Å². The summed E-state index contributed by atoms with van der Waals surface area (Å²) >= 11 is 0. The fourth-order valence-corrected chi connectivity index (χ4v) is 5.91. The number of amides is 3. The lowest BCUT2D eigenvalue weighted by atomic mass is 10.1. The summed E-state index contributed by atoms with van der Waals surface area (Å²) in [5.74, 6) is -0.527. The second-order valence-electron chi connectivity index (χ2n) is 13.0. The number of nitrogens with zero attached hydrogens (tertiary/aromatic N) is 4. The van der Waals surface area contributed by atoms with Crippen molar-refractivity contribution in [2.24, 2.45) is 0 Å². The molecule has 2 N–H and O–H groups in total. The molecule has 2 heterocycles. The van der Waals surface area contributed by atoms with E-state index in [9.17, 15) is 19.2 Å². The van der Waals surface area contributed by atoms with E-state index in [0.717, 1.165) is 18.4 Å². The third kappa shape index (κ3) is 9.08. The maximum atomic E-state index is 13.9. The van der Waals surface area contributed by atoms with Gasteiger partial charge in [-0.3, -0.25) is 14.4 Å². The number of nitrogens with one attached hydrogen (secondary N) is 2. The molecular weight excluding hydrogens is 612 g/mol. The van der Waals surface area contributed by atoms with E-state index in [4.69, 9.17) is 14.5 Å². The second kappa shape index (κ2) is 15.3. The van der Waals surface area contributed by atoms with Crippen molar-refractivity contribution >= 4 is 29.7 Å². The first kappa shape index (κ1) is 34.3. The lowest BCUT2D eigenvalue weighted by Crippen LogP contribution is -2.56. The maximum Gasteiger partial charge on any atom is 0.409 e. The number of rotatable bonds is 10. The number of fused-ring (bicyclic) bond motifs is 1. The van der Waals surface area contributed by atoms with Crippen LogP contribution in [0.4, 0.5) is 10.6 Å². The van der Waals surface area contributed by atoms with Crippen molar-refractivity contribution in [3.63, 3.8) is 0 Å². The minimum atomic E-state index is -1.03. The molecule has 2 aromatic carbocycles. The Morgan fingerprint density at radius 3 is 2.15 bits per heavy atom. The summed E-state index contributed by atoms with van der Waals surface area (Å²) in [6.45, 7) is 8.43. The molecule has 0 saturated carbocycles. The standard InChI is InChI=1S/C36H44N6O6/c1-5-47-35(46)42-19-17-41(18-20-42)34(45)28(15-16-31(43)48-36(2,3)4)39-33(44)29-23-30(40-32(38-29)24-11-7-6-8-12-24)37-27-21-25-13-9-10-14-26(25)22-27/h6-14,23,27-28H,5,15-22H2,1-4H3,(H,39,44)(H,37,38,40)/t28-/m0/s1. The van der Waals surface area contributed by atoms with Gasteiger partial charge in [0.15, 0.2) is 5.82 Å². The summed E-state index contributed by atoms with van der Waals surface area (Å²) in [5, 5.41) is 6.35. The third-order valence-corrected chi connectivity index (χ3v) is 8.17. The molecule has 1 aromatic heterocycles. The minimum absolute atomic E-state index is 0.0274. The van der Waals surface area contributed by atoms with E-state index in [1.165, 1.54) is 11.1 Å². The quantitative estimate of drug-likeness (QED) is 0.306. The lowest BCUT2D eigenvalue weighted by Gasteiger charge is -2.36. The third-order valence-electron chi connectivity index (χ3n) is 8.17. The van der Waals surface area contributed by atoms with Crippen LogP contribution >= 0.6 is 0 Å². The zero-order valence-electron chi connectivity index (χ0n) is 28.0. The molecule has 2 aliphatic rings. The van der Waals surface area contributed by atoms with E-state index in [-0.39, 0.29) is 50.2 Å². The summed E-state index contributed by atoms with van der Waals surface area (Å²) in [6.07, 6.45) is 1.17. The molecule has 1 aliphatic heterocycles. The van der Waals surface area contributed by atoms with E-state index in [1.807, 2.05) is 42.5 Å².